The van der Waals surface area contributed by atoms with Gasteiger partial charge in [0.15, 0.2) is 5.58 Å². The van der Waals surface area contributed by atoms with Gasteiger partial charge in [-0.3, -0.25) is 4.90 Å². The number of oxazole rings is 1. The second-order valence-corrected chi connectivity index (χ2v) is 9.94. The molecule has 0 amide bonds. The fourth-order valence-electron chi connectivity index (χ4n) is 5.45. The Morgan fingerprint density at radius 3 is 2.76 bits per heavy atom. The molecule has 6 rings (SSSR count). The number of nitrogens with zero attached hydrogens (tertiary/aromatic N) is 3. The number of aryl methyl sites for hydroxylation is 1. The van der Waals surface area contributed by atoms with Crippen LogP contribution in [-0.2, 0) is 19.4 Å². The van der Waals surface area contributed by atoms with Gasteiger partial charge in [-0.1, -0.05) is 30.3 Å². The topological polar surface area (TPSA) is 73.3 Å². The number of hydrogen-bond acceptors (Lipinski definition) is 5. The van der Waals surface area contributed by atoms with Crippen molar-refractivity contribution in [3.63, 3.8) is 0 Å². The Labute approximate surface area is 201 Å². The van der Waals surface area contributed by atoms with Gasteiger partial charge < -0.3 is 9.52 Å². The van der Waals surface area contributed by atoms with Crippen molar-refractivity contribution >= 4 is 25.6 Å². The van der Waals surface area contributed by atoms with Crippen LogP contribution in [0.2, 0.25) is 0 Å². The van der Waals surface area contributed by atoms with E-state index in [1.807, 2.05) is 18.2 Å². The molecule has 6 heteroatoms. The molecule has 170 valence electrons. The Morgan fingerprint density at radius 2 is 1.94 bits per heavy atom. The average molecular weight is 468 g/mol. The van der Waals surface area contributed by atoms with Gasteiger partial charge in [-0.15, -0.1) is 9.24 Å². The maximum absolute atomic E-state index is 9.84. The number of hydrogen-bond donors (Lipinski definition) is 1. The number of aromatic nitrogens is 1. The molecule has 1 unspecified atom stereocenters. The van der Waals surface area contributed by atoms with Gasteiger partial charge >= 0.3 is 0 Å². The quantitative estimate of drug-likeness (QED) is 0.445. The van der Waals surface area contributed by atoms with E-state index in [9.17, 15) is 10.4 Å². The maximum atomic E-state index is 9.84. The molecule has 1 fully saturated rings. The molecule has 2 aliphatic rings. The highest BCUT2D eigenvalue weighted by Crippen LogP contribution is 2.35. The van der Waals surface area contributed by atoms with Crippen LogP contribution >= 0.6 is 9.24 Å². The maximum Gasteiger partial charge on any atom is 0.228 e. The van der Waals surface area contributed by atoms with Gasteiger partial charge in [0, 0.05) is 25.2 Å². The molecule has 1 N–H and O–H groups in total. The van der Waals surface area contributed by atoms with E-state index in [2.05, 4.69) is 50.5 Å². The van der Waals surface area contributed by atoms with Crippen LogP contribution in [0.1, 0.15) is 35.1 Å². The first kappa shape index (κ1) is 21.5. The van der Waals surface area contributed by atoms with E-state index in [-0.39, 0.29) is 6.10 Å². The monoisotopic (exact) mass is 467 g/mol. The fourth-order valence-corrected chi connectivity index (χ4v) is 5.92. The smallest absolute Gasteiger partial charge is 0.228 e. The number of rotatable bonds is 4. The minimum atomic E-state index is -0.267. The van der Waals surface area contributed by atoms with Crippen molar-refractivity contribution in [3.8, 4) is 28.7 Å². The number of fused-ring (bicyclic) bond motifs is 2. The largest absolute Gasteiger partial charge is 0.435 e. The zero-order valence-electron chi connectivity index (χ0n) is 18.9. The lowest BCUT2D eigenvalue weighted by molar-refractivity contribution is 0.175. The molecule has 1 aromatic heterocycles. The summed E-state index contributed by atoms with van der Waals surface area (Å²) in [6, 6.07) is 19.0. The summed E-state index contributed by atoms with van der Waals surface area (Å²) in [4.78, 5) is 7.02. The zero-order chi connectivity index (χ0) is 23.2. The Hall–Kier alpha value is -3.03. The number of aliphatic hydroxyl groups is 1. The van der Waals surface area contributed by atoms with E-state index in [0.29, 0.717) is 35.6 Å². The minimum Gasteiger partial charge on any atom is -0.435 e. The van der Waals surface area contributed by atoms with Crippen molar-refractivity contribution in [2.45, 2.75) is 38.3 Å². The van der Waals surface area contributed by atoms with Crippen molar-refractivity contribution in [1.82, 2.24) is 9.88 Å². The van der Waals surface area contributed by atoms with Crippen LogP contribution in [0.4, 0.5) is 0 Å². The van der Waals surface area contributed by atoms with Crippen molar-refractivity contribution in [3.05, 3.63) is 70.8 Å². The van der Waals surface area contributed by atoms with Crippen molar-refractivity contribution in [2.24, 2.45) is 0 Å². The van der Waals surface area contributed by atoms with E-state index in [1.54, 1.807) is 0 Å². The first-order valence-corrected chi connectivity index (χ1v) is 12.4. The lowest BCUT2D eigenvalue weighted by atomic mass is 9.95. The van der Waals surface area contributed by atoms with Crippen LogP contribution in [0.25, 0.3) is 33.7 Å². The van der Waals surface area contributed by atoms with Crippen molar-refractivity contribution in [1.29, 1.82) is 5.26 Å². The summed E-state index contributed by atoms with van der Waals surface area (Å²) in [6.07, 6.45) is 4.00. The highest BCUT2D eigenvalue weighted by molar-refractivity contribution is 7.28. The number of nitriles is 1. The fraction of sp³-hybridized carbons (Fsp3) is 0.286. The van der Waals surface area contributed by atoms with Crippen LogP contribution < -0.4 is 5.30 Å². The molecule has 0 saturated carbocycles. The summed E-state index contributed by atoms with van der Waals surface area (Å²) in [6.45, 7) is 2.21. The van der Waals surface area contributed by atoms with E-state index < -0.39 is 0 Å². The third kappa shape index (κ3) is 3.73. The first-order chi connectivity index (χ1) is 16.6. The molecule has 2 heterocycles. The Morgan fingerprint density at radius 1 is 1.12 bits per heavy atom. The molecule has 0 radical (unpaired) electrons. The van der Waals surface area contributed by atoms with Crippen LogP contribution in [0.5, 0.6) is 0 Å². The summed E-state index contributed by atoms with van der Waals surface area (Å²) >= 11 is 0. The summed E-state index contributed by atoms with van der Waals surface area (Å²) < 4.78 is 6.18. The standard InChI is InChI=1S/C28H26N3O2P/c29-14-19-12-17(15-31-11-10-20(32)16-31)13-25-26(19)33-28(30-25)24-9-3-8-23(27(24)34)22-7-2-5-18-4-1-6-21(18)22/h2-3,5,7-9,12-13,20,32H,1,4,6,10-11,15-16,34H2/t20-/m1/s1. The second-order valence-electron chi connectivity index (χ2n) is 9.36. The summed E-state index contributed by atoms with van der Waals surface area (Å²) in [5.74, 6) is 0.527. The average Bonchev–Trinajstić information content (AvgIpc) is 3.58. The molecule has 1 aliphatic heterocycles. The molecular weight excluding hydrogens is 441 g/mol. The highest BCUT2D eigenvalue weighted by atomic mass is 31.0. The molecule has 0 bridgehead atoms. The molecule has 5 nitrogen and oxygen atoms in total. The molecular formula is C28H26N3O2P. The molecule has 1 aliphatic carbocycles. The lowest BCUT2D eigenvalue weighted by Crippen LogP contribution is -2.21. The third-order valence-corrected chi connectivity index (χ3v) is 7.72. The van der Waals surface area contributed by atoms with Gasteiger partial charge in [0.2, 0.25) is 5.89 Å². The van der Waals surface area contributed by atoms with Gasteiger partial charge in [-0.25, -0.2) is 4.98 Å². The Balaban J connectivity index is 1.41. The van der Waals surface area contributed by atoms with E-state index >= 15 is 0 Å². The summed E-state index contributed by atoms with van der Waals surface area (Å²) in [5.41, 5.74) is 9.00. The normalized spacial score (nSPS) is 17.9. The summed E-state index contributed by atoms with van der Waals surface area (Å²) in [7, 11) is 2.89. The van der Waals surface area contributed by atoms with Gasteiger partial charge in [0.1, 0.15) is 11.6 Å². The Kier molecular flexibility index (Phi) is 5.46. The molecule has 1 saturated heterocycles. The minimum absolute atomic E-state index is 0.267. The van der Waals surface area contributed by atoms with Gasteiger partial charge in [-0.2, -0.15) is 5.26 Å². The summed E-state index contributed by atoms with van der Waals surface area (Å²) in [5, 5.41) is 20.7. The zero-order valence-corrected chi connectivity index (χ0v) is 20.1. The van der Waals surface area contributed by atoms with Crippen LogP contribution in [-0.4, -0.2) is 34.2 Å². The molecule has 4 aromatic rings. The van der Waals surface area contributed by atoms with Gasteiger partial charge in [0.05, 0.1) is 11.7 Å². The molecule has 34 heavy (non-hydrogen) atoms. The van der Waals surface area contributed by atoms with E-state index in [1.165, 1.54) is 28.7 Å². The van der Waals surface area contributed by atoms with E-state index in [0.717, 1.165) is 42.2 Å². The Bertz CT molecular complexity index is 1450. The predicted molar refractivity (Wildman–Crippen MR) is 137 cm³/mol. The third-order valence-electron chi connectivity index (χ3n) is 7.10. The lowest BCUT2D eigenvalue weighted by Gasteiger charge is -2.14. The van der Waals surface area contributed by atoms with Gasteiger partial charge in [-0.05, 0) is 77.0 Å². The van der Waals surface area contributed by atoms with Crippen LogP contribution in [0.15, 0.2) is 52.9 Å². The number of aliphatic hydroxyl groups excluding tert-OH is 1. The SMILES string of the molecule is N#Cc1cc(CN2CC[C@@H](O)C2)cc2nc(-c3cccc(-c4cccc5c4CCC5)c3P)oc12. The molecule has 0 spiro atoms. The molecule has 2 atom stereocenters. The molecule has 3 aromatic carbocycles. The van der Waals surface area contributed by atoms with Crippen molar-refractivity contribution < 1.29 is 9.52 Å². The van der Waals surface area contributed by atoms with Crippen molar-refractivity contribution in [2.75, 3.05) is 13.1 Å². The second kappa shape index (κ2) is 8.64. The van der Waals surface area contributed by atoms with E-state index in [4.69, 9.17) is 9.40 Å². The predicted octanol–water partition coefficient (Wildman–Crippen LogP) is 4.59. The van der Waals surface area contributed by atoms with Gasteiger partial charge in [0.25, 0.3) is 0 Å². The first-order valence-electron chi connectivity index (χ1n) is 11.8. The highest BCUT2D eigenvalue weighted by Gasteiger charge is 2.22. The van der Waals surface area contributed by atoms with Crippen LogP contribution in [0, 0.1) is 11.3 Å². The number of benzene rings is 3. The number of likely N-dealkylation sites (tertiary alicyclic amines) is 1. The number of β-amino-alcohol motifs (C(OH)–C–C–N with tert-alkyl or cyclic N) is 1. The van der Waals surface area contributed by atoms with Crippen LogP contribution in [0.3, 0.4) is 0 Å².